The highest BCUT2D eigenvalue weighted by molar-refractivity contribution is 5.79. The van der Waals surface area contributed by atoms with Crippen LogP contribution in [0.1, 0.15) is 126 Å². The number of esters is 2. The van der Waals surface area contributed by atoms with Gasteiger partial charge in [0.15, 0.2) is 18.9 Å². The number of rotatable bonds is 18. The summed E-state index contributed by atoms with van der Waals surface area (Å²) >= 11 is 0. The van der Waals surface area contributed by atoms with Crippen molar-refractivity contribution in [1.82, 2.24) is 0 Å². The average Bonchev–Trinajstić information content (AvgIpc) is 0.695. The first-order valence-electron chi connectivity index (χ1n) is 31.0. The number of aliphatic hydroxyl groups is 14. The zero-order chi connectivity index (χ0) is 65.6. The Hall–Kier alpha value is -3.22. The number of carbonyl (C=O) groups excluding carboxylic acids is 2. The van der Waals surface area contributed by atoms with Crippen molar-refractivity contribution in [2.45, 2.75) is 260 Å². The molecule has 16 N–H and O–H groups in total. The quantitative estimate of drug-likeness (QED) is 0.0374. The van der Waals surface area contributed by atoms with Crippen molar-refractivity contribution in [2.75, 3.05) is 26.4 Å². The highest BCUT2D eigenvalue weighted by Crippen LogP contribution is 2.76. The summed E-state index contributed by atoms with van der Waals surface area (Å²) in [5.74, 6) is -5.29. The molecule has 8 fully saturated rings. The van der Waals surface area contributed by atoms with Crippen molar-refractivity contribution in [3.63, 3.8) is 0 Å². The Labute approximate surface area is 514 Å². The standard InChI is InChI=1S/C60H94O29/c1-54(2)14-16-60(17-15-57(5)25(26(60)18-54)8-9-31-56(4)12-11-33(59(7,52(77)78)32(56)10-13-58(31,57)6)87-49-43(73)40(70)36(66)27(21-61)83-49)53(79)89-51-45(75)42(72)38(68)29(86-51)24-82-48-46(76)47(88-50-44(74)41(71)37(67)28(22-62)84-50)39(69)30(85-48)23-81-35(65)20-55(3,80)19-34(63)64/h8,26-33,36-51,61-62,66-76,80H,9-24H2,1-7H3,(H,63,64)(H,77,78)/t26-,27+,28+,29+,30+,31+,32+,33-,36+,37+,38+,39+,40-,41-,42-,43+,44+,45+,46+,47-,48+,49-,50-,51-,55-,56+,57+,58+,59-,60-/m0/s1. The minimum atomic E-state index is -2.09. The van der Waals surface area contributed by atoms with Gasteiger partial charge >= 0.3 is 23.9 Å². The first-order chi connectivity index (χ1) is 41.4. The Bertz CT molecular complexity index is 2580. The minimum Gasteiger partial charge on any atom is -0.481 e. The molecule has 0 amide bonds. The summed E-state index contributed by atoms with van der Waals surface area (Å²) in [5, 5.41) is 171. The van der Waals surface area contributed by atoms with Gasteiger partial charge < -0.3 is 124 Å². The Balaban J connectivity index is 0.924. The summed E-state index contributed by atoms with van der Waals surface area (Å²) < 4.78 is 52.4. The monoisotopic (exact) mass is 1280 g/mol. The van der Waals surface area contributed by atoms with Crippen LogP contribution in [0.3, 0.4) is 0 Å². The molecule has 0 spiro atoms. The first-order valence-corrected chi connectivity index (χ1v) is 31.0. The Morgan fingerprint density at radius 1 is 0.584 bits per heavy atom. The maximum absolute atomic E-state index is 15.3. The lowest BCUT2D eigenvalue weighted by atomic mass is 9.33. The smallest absolute Gasteiger partial charge is 0.315 e. The molecule has 0 aromatic carbocycles. The van der Waals surface area contributed by atoms with Crippen molar-refractivity contribution in [1.29, 1.82) is 0 Å². The number of ether oxygens (including phenoxy) is 9. The Morgan fingerprint density at radius 2 is 1.12 bits per heavy atom. The molecule has 0 aromatic rings. The molecule has 5 aliphatic carbocycles. The minimum absolute atomic E-state index is 0.0571. The zero-order valence-corrected chi connectivity index (χ0v) is 51.2. The normalized spacial score (nSPS) is 49.5. The third-order valence-electron chi connectivity index (χ3n) is 22.8. The van der Waals surface area contributed by atoms with Gasteiger partial charge in [0.1, 0.15) is 104 Å². The second-order valence-corrected chi connectivity index (χ2v) is 28.8. The molecule has 0 unspecified atom stereocenters. The first kappa shape index (κ1) is 70.1. The van der Waals surface area contributed by atoms with Crippen LogP contribution < -0.4 is 0 Å². The van der Waals surface area contributed by atoms with Gasteiger partial charge in [-0.3, -0.25) is 19.2 Å². The van der Waals surface area contributed by atoms with E-state index in [4.69, 9.17) is 42.6 Å². The largest absolute Gasteiger partial charge is 0.481 e. The molecular weight excluding hydrogens is 1180 g/mol. The van der Waals surface area contributed by atoms with E-state index in [1.54, 1.807) is 6.92 Å². The molecule has 9 aliphatic rings. The number of carboxylic acids is 2. The van der Waals surface area contributed by atoms with Crippen molar-refractivity contribution < 1.29 is 144 Å². The number of aliphatic hydroxyl groups excluding tert-OH is 13. The molecule has 89 heavy (non-hydrogen) atoms. The number of hydrogen-bond acceptors (Lipinski definition) is 27. The van der Waals surface area contributed by atoms with E-state index in [-0.39, 0.29) is 17.8 Å². The van der Waals surface area contributed by atoms with Crippen LogP contribution in [0, 0.1) is 50.2 Å². The molecule has 4 saturated heterocycles. The van der Waals surface area contributed by atoms with E-state index in [9.17, 15) is 96.1 Å². The maximum Gasteiger partial charge on any atom is 0.315 e. The number of fused-ring (bicyclic) bond motifs is 7. The van der Waals surface area contributed by atoms with Crippen molar-refractivity contribution in [3.05, 3.63) is 11.6 Å². The molecule has 30 atom stereocenters. The van der Waals surface area contributed by atoms with Gasteiger partial charge in [0.05, 0.1) is 55.2 Å². The SMILES string of the molecule is CC1(C)CC[C@]2(C(=O)O[C@@H]3O[C@H](CO[C@@H]4O[C@H](COC(=O)C[C@@](C)(O)CC(=O)O)[C@@H](O)[C@H](O[C@@H]5O[C@H](CO)[C@@H](O)[C@H](O)[C@H]5O)[C@H]4O)[C@@H](O)[C@H](O)[C@H]3O)CC[C@]3(C)C(=CC[C@@H]4[C@@]5(C)CC[C@H](O[C@@H]6O[C@H](CO)[C@@H](O)[C@H](O)[C@H]6O)[C@@](C)(C(=O)O)[C@@H]5CC[C@]43C)[C@@H]2C1. The van der Waals surface area contributed by atoms with Crippen molar-refractivity contribution in [3.8, 4) is 0 Å². The van der Waals surface area contributed by atoms with Crippen LogP contribution in [0.25, 0.3) is 0 Å². The van der Waals surface area contributed by atoms with Gasteiger partial charge in [-0.2, -0.15) is 0 Å². The Kier molecular flexibility index (Phi) is 20.3. The second-order valence-electron chi connectivity index (χ2n) is 28.8. The van der Waals surface area contributed by atoms with Crippen molar-refractivity contribution >= 4 is 23.9 Å². The predicted molar refractivity (Wildman–Crippen MR) is 296 cm³/mol. The van der Waals surface area contributed by atoms with Crippen LogP contribution in [0.5, 0.6) is 0 Å². The number of allylic oxidation sites excluding steroid dienone is 2. The summed E-state index contributed by atoms with van der Waals surface area (Å²) in [6, 6.07) is 0. The predicted octanol–water partition coefficient (Wildman–Crippen LogP) is -2.80. The van der Waals surface area contributed by atoms with E-state index >= 15 is 4.79 Å². The van der Waals surface area contributed by atoms with Crippen LogP contribution in [0.2, 0.25) is 0 Å². The van der Waals surface area contributed by atoms with E-state index in [1.165, 1.54) is 0 Å². The molecule has 0 aromatic heterocycles. The van der Waals surface area contributed by atoms with Crippen LogP contribution in [0.15, 0.2) is 11.6 Å². The zero-order valence-electron chi connectivity index (χ0n) is 51.2. The highest BCUT2D eigenvalue weighted by Gasteiger charge is 2.72. The summed E-state index contributed by atoms with van der Waals surface area (Å²) in [6.45, 7) is 10.4. The summed E-state index contributed by atoms with van der Waals surface area (Å²) in [4.78, 5) is 53.2. The topological polar surface area (TPSA) is 475 Å². The Morgan fingerprint density at radius 3 is 1.71 bits per heavy atom. The molecule has 4 saturated carbocycles. The summed E-state index contributed by atoms with van der Waals surface area (Å²) in [7, 11) is 0. The third-order valence-corrected chi connectivity index (χ3v) is 22.8. The molecule has 4 heterocycles. The van der Waals surface area contributed by atoms with E-state index in [0.717, 1.165) is 12.5 Å². The van der Waals surface area contributed by atoms with Gasteiger partial charge in [0.2, 0.25) is 6.29 Å². The molecule has 9 rings (SSSR count). The number of carboxylic acid groups (broad SMARTS) is 2. The van der Waals surface area contributed by atoms with Gasteiger partial charge in [-0.05, 0) is 117 Å². The maximum atomic E-state index is 15.3. The van der Waals surface area contributed by atoms with Crippen molar-refractivity contribution in [2.24, 2.45) is 50.2 Å². The third kappa shape index (κ3) is 12.5. The number of hydrogen-bond donors (Lipinski definition) is 16. The van der Waals surface area contributed by atoms with E-state index in [1.807, 2.05) is 0 Å². The average molecular weight is 1280 g/mol. The van der Waals surface area contributed by atoms with E-state index < -0.39 is 237 Å². The number of aliphatic carboxylic acids is 2. The summed E-state index contributed by atoms with van der Waals surface area (Å²) in [6.07, 6.45) is -32.0. The fourth-order valence-corrected chi connectivity index (χ4v) is 17.3. The molecule has 29 nitrogen and oxygen atoms in total. The van der Waals surface area contributed by atoms with Gasteiger partial charge in [0, 0.05) is 0 Å². The van der Waals surface area contributed by atoms with Gasteiger partial charge in [0.25, 0.3) is 0 Å². The molecule has 4 aliphatic heterocycles. The van der Waals surface area contributed by atoms with Gasteiger partial charge in [-0.1, -0.05) is 46.3 Å². The molecular formula is C60H94O29. The molecule has 508 valence electrons. The van der Waals surface area contributed by atoms with Gasteiger partial charge in [-0.15, -0.1) is 0 Å². The lowest BCUT2D eigenvalue weighted by Gasteiger charge is -2.71. The highest BCUT2D eigenvalue weighted by atomic mass is 16.8. The fourth-order valence-electron chi connectivity index (χ4n) is 17.3. The fraction of sp³-hybridized carbons (Fsp3) is 0.900. The van der Waals surface area contributed by atoms with Crippen LogP contribution in [0.4, 0.5) is 0 Å². The van der Waals surface area contributed by atoms with Gasteiger partial charge in [-0.25, -0.2) is 0 Å². The second kappa shape index (κ2) is 25.8. The lowest BCUT2D eigenvalue weighted by molar-refractivity contribution is -0.365. The molecule has 0 bridgehead atoms. The summed E-state index contributed by atoms with van der Waals surface area (Å²) in [5.41, 5.74) is -5.47. The van der Waals surface area contributed by atoms with Crippen LogP contribution >= 0.6 is 0 Å². The lowest BCUT2D eigenvalue weighted by Crippen LogP contribution is -2.67. The number of carbonyl (C=O) groups is 4. The van der Waals surface area contributed by atoms with E-state index in [2.05, 4.69) is 40.7 Å². The van der Waals surface area contributed by atoms with Crippen LogP contribution in [-0.2, 0) is 61.8 Å². The van der Waals surface area contributed by atoms with Crippen LogP contribution in [-0.4, -0.2) is 267 Å². The van der Waals surface area contributed by atoms with E-state index in [0.29, 0.717) is 57.8 Å². The molecule has 29 heteroatoms. The molecule has 0 radical (unpaired) electrons.